The van der Waals surface area contributed by atoms with E-state index < -0.39 is 0 Å². The van der Waals surface area contributed by atoms with E-state index in [2.05, 4.69) is 42.5 Å². The van der Waals surface area contributed by atoms with Crippen molar-refractivity contribution < 1.29 is 4.98 Å². The summed E-state index contributed by atoms with van der Waals surface area (Å²) in [5.41, 5.74) is 1.62. The molecule has 2 aromatic rings. The summed E-state index contributed by atoms with van der Waals surface area (Å²) in [6.07, 6.45) is 1.69. The number of nitrogens with zero attached hydrogens (tertiary/aromatic N) is 2. The molecule has 11 heavy (non-hydrogen) atoms. The molecule has 2 N–H and O–H groups in total. The quantitative estimate of drug-likeness (QED) is 0.445. The van der Waals surface area contributed by atoms with Crippen molar-refractivity contribution in [2.45, 2.75) is 0 Å². The predicted octanol–water partition coefficient (Wildman–Crippen LogP) is 1.03. The Morgan fingerprint density at radius 2 is 2.36 bits per heavy atom. The van der Waals surface area contributed by atoms with Crippen LogP contribution < -0.4 is 4.98 Å². The van der Waals surface area contributed by atoms with Crippen molar-refractivity contribution in [3.63, 3.8) is 0 Å². The van der Waals surface area contributed by atoms with Crippen molar-refractivity contribution in [2.24, 2.45) is 0 Å². The molecule has 0 bridgehead atoms. The summed E-state index contributed by atoms with van der Waals surface area (Å²) in [5, 5.41) is 0.262. The maximum atomic E-state index is 5.62. The van der Waals surface area contributed by atoms with E-state index in [9.17, 15) is 0 Å². The molecule has 2 aromatic heterocycles. The molecule has 0 aliphatic carbocycles. The highest BCUT2D eigenvalue weighted by Gasteiger charge is 2.11. The Labute approximate surface area is 80.5 Å². The lowest BCUT2D eigenvalue weighted by atomic mass is 10.6. The lowest BCUT2D eigenvalue weighted by molar-refractivity contribution is -0.347. The van der Waals surface area contributed by atoms with E-state index in [1.165, 1.54) is 0 Å². The van der Waals surface area contributed by atoms with Gasteiger partial charge in [-0.1, -0.05) is 4.98 Å². The number of hydrogen-bond donors (Lipinski definition) is 1. The molecule has 0 fully saturated rings. The smallest absolute Gasteiger partial charge is 0.272 e. The minimum absolute atomic E-state index is 0.262. The van der Waals surface area contributed by atoms with Crippen molar-refractivity contribution in [3.05, 3.63) is 15.3 Å². The van der Waals surface area contributed by atoms with Crippen LogP contribution in [-0.2, 0) is 0 Å². The van der Waals surface area contributed by atoms with Gasteiger partial charge >= 0.3 is 5.65 Å². The average Bonchev–Trinajstić information content (AvgIpc) is 2.34. The maximum Gasteiger partial charge on any atom is 0.305 e. The van der Waals surface area contributed by atoms with Crippen LogP contribution in [0.1, 0.15) is 0 Å². The number of hydrogen-bond acceptors (Lipinski definition) is 2. The van der Waals surface area contributed by atoms with Gasteiger partial charge < -0.3 is 0 Å². The van der Waals surface area contributed by atoms with Crippen LogP contribution in [-0.4, -0.2) is 15.0 Å². The third kappa shape index (κ3) is 1.18. The van der Waals surface area contributed by atoms with Gasteiger partial charge in [-0.3, -0.25) is 4.98 Å². The molecule has 0 aliphatic heterocycles. The van der Waals surface area contributed by atoms with Gasteiger partial charge in [0.25, 0.3) is 5.28 Å². The molecule has 0 amide bonds. The minimum atomic E-state index is 0.262. The SMILES string of the molecule is Clc1nc(I)c2[nH]c[nH+]c2n1. The molecule has 4 nitrogen and oxygen atoms in total. The van der Waals surface area contributed by atoms with Crippen molar-refractivity contribution in [1.82, 2.24) is 15.0 Å². The number of aromatic amines is 2. The highest BCUT2D eigenvalue weighted by molar-refractivity contribution is 14.1. The van der Waals surface area contributed by atoms with Crippen molar-refractivity contribution in [1.29, 1.82) is 0 Å². The molecule has 56 valence electrons. The highest BCUT2D eigenvalue weighted by Crippen LogP contribution is 2.13. The third-order valence-corrected chi connectivity index (χ3v) is 2.21. The summed E-state index contributed by atoms with van der Waals surface area (Å²) in [6.45, 7) is 0. The van der Waals surface area contributed by atoms with Gasteiger partial charge in [-0.2, -0.15) is 4.98 Å². The summed E-state index contributed by atoms with van der Waals surface area (Å²) in [5.74, 6) is 0. The Kier molecular flexibility index (Phi) is 1.68. The number of H-pyrrole nitrogens is 2. The first-order valence-corrected chi connectivity index (χ1v) is 4.31. The highest BCUT2D eigenvalue weighted by atomic mass is 127. The zero-order valence-electron chi connectivity index (χ0n) is 5.23. The Balaban J connectivity index is 2.91. The van der Waals surface area contributed by atoms with Gasteiger partial charge in [-0.25, -0.2) is 4.98 Å². The second-order valence-electron chi connectivity index (χ2n) is 1.94. The van der Waals surface area contributed by atoms with Crippen LogP contribution in [0.3, 0.4) is 0 Å². The van der Waals surface area contributed by atoms with E-state index >= 15 is 0 Å². The van der Waals surface area contributed by atoms with Gasteiger partial charge in [0.15, 0.2) is 10.0 Å². The van der Waals surface area contributed by atoms with Crippen LogP contribution in [0.4, 0.5) is 0 Å². The second-order valence-corrected chi connectivity index (χ2v) is 3.30. The summed E-state index contributed by atoms with van der Waals surface area (Å²) < 4.78 is 0.818. The molecule has 0 saturated carbocycles. The first-order chi connectivity index (χ1) is 5.27. The largest absolute Gasteiger partial charge is 0.305 e. The maximum absolute atomic E-state index is 5.62. The summed E-state index contributed by atoms with van der Waals surface area (Å²) in [4.78, 5) is 13.8. The van der Waals surface area contributed by atoms with Crippen LogP contribution in [0, 0.1) is 3.70 Å². The van der Waals surface area contributed by atoms with Gasteiger partial charge in [0.1, 0.15) is 0 Å². The van der Waals surface area contributed by atoms with Gasteiger partial charge in [0.05, 0.1) is 0 Å². The predicted molar refractivity (Wildman–Crippen MR) is 48.2 cm³/mol. The molecule has 6 heteroatoms. The molecule has 0 unspecified atom stereocenters. The molecule has 0 aromatic carbocycles. The molecule has 0 saturated heterocycles. The standard InChI is InChI=1S/C5H2ClIN4/c6-5-10-3(7)2-4(11-5)9-1-8-2/h1H,(H,8,9,10,11)/p+1. The topological polar surface area (TPSA) is 55.7 Å². The Morgan fingerprint density at radius 1 is 1.55 bits per heavy atom. The minimum Gasteiger partial charge on any atom is -0.272 e. The fourth-order valence-corrected chi connectivity index (χ4v) is 1.77. The number of imidazole rings is 1. The van der Waals surface area contributed by atoms with E-state index in [1.54, 1.807) is 6.33 Å². The zero-order valence-corrected chi connectivity index (χ0v) is 8.14. The Hall–Kier alpha value is -0.430. The van der Waals surface area contributed by atoms with E-state index in [1.807, 2.05) is 0 Å². The van der Waals surface area contributed by atoms with Crippen LogP contribution in [0.2, 0.25) is 5.28 Å². The molecular formula is C5H3ClIN4+. The Bertz CT molecular complexity index is 398. The first kappa shape index (κ1) is 7.23. The van der Waals surface area contributed by atoms with Gasteiger partial charge in [0.2, 0.25) is 5.52 Å². The van der Waals surface area contributed by atoms with Crippen LogP contribution in [0.5, 0.6) is 0 Å². The number of nitrogens with one attached hydrogen (secondary N) is 2. The average molecular weight is 281 g/mol. The molecule has 0 atom stereocenters. The number of halogens is 2. The summed E-state index contributed by atoms with van der Waals surface area (Å²) in [7, 11) is 0. The van der Waals surface area contributed by atoms with Crippen molar-refractivity contribution >= 4 is 45.4 Å². The fourth-order valence-electron chi connectivity index (χ4n) is 0.817. The number of rotatable bonds is 0. The molecule has 2 heterocycles. The first-order valence-electron chi connectivity index (χ1n) is 2.85. The van der Waals surface area contributed by atoms with Crippen LogP contribution >= 0.6 is 34.2 Å². The fraction of sp³-hybridized carbons (Fsp3) is 0. The molecule has 2 rings (SSSR count). The summed E-state index contributed by atoms with van der Waals surface area (Å²) in [6, 6.07) is 0. The summed E-state index contributed by atoms with van der Waals surface area (Å²) >= 11 is 7.71. The lowest BCUT2D eigenvalue weighted by Gasteiger charge is -1.85. The number of aromatic nitrogens is 4. The third-order valence-electron chi connectivity index (χ3n) is 1.26. The van der Waals surface area contributed by atoms with Crippen LogP contribution in [0.15, 0.2) is 6.33 Å². The normalized spacial score (nSPS) is 10.7. The van der Waals surface area contributed by atoms with Crippen molar-refractivity contribution in [3.8, 4) is 0 Å². The van der Waals surface area contributed by atoms with E-state index in [4.69, 9.17) is 11.6 Å². The zero-order chi connectivity index (χ0) is 7.84. The van der Waals surface area contributed by atoms with E-state index in [0.717, 1.165) is 14.9 Å². The number of fused-ring (bicyclic) bond motifs is 1. The van der Waals surface area contributed by atoms with E-state index in [-0.39, 0.29) is 5.28 Å². The lowest BCUT2D eigenvalue weighted by Crippen LogP contribution is -1.99. The van der Waals surface area contributed by atoms with Gasteiger partial charge in [0, 0.05) is 0 Å². The Morgan fingerprint density at radius 3 is 3.18 bits per heavy atom. The van der Waals surface area contributed by atoms with Gasteiger partial charge in [-0.15, -0.1) is 0 Å². The van der Waals surface area contributed by atoms with E-state index in [0.29, 0.717) is 0 Å². The van der Waals surface area contributed by atoms with Gasteiger partial charge in [-0.05, 0) is 34.2 Å². The monoisotopic (exact) mass is 281 g/mol. The second kappa shape index (κ2) is 2.56. The van der Waals surface area contributed by atoms with Crippen molar-refractivity contribution in [2.75, 3.05) is 0 Å². The molecule has 0 radical (unpaired) electrons. The molecular weight excluding hydrogens is 278 g/mol. The molecule has 0 aliphatic rings. The van der Waals surface area contributed by atoms with Crippen LogP contribution in [0.25, 0.3) is 11.2 Å². The molecule has 0 spiro atoms.